The van der Waals surface area contributed by atoms with E-state index in [1.807, 2.05) is 59.5 Å². The Hall–Kier alpha value is -4.19. The van der Waals surface area contributed by atoms with Crippen molar-refractivity contribution in [2.24, 2.45) is 0 Å². The highest BCUT2D eigenvalue weighted by Crippen LogP contribution is 2.35. The second kappa shape index (κ2) is 10.1. The average Bonchev–Trinajstić information content (AvgIpc) is 3.63. The summed E-state index contributed by atoms with van der Waals surface area (Å²) < 4.78 is 17.6. The van der Waals surface area contributed by atoms with Crippen molar-refractivity contribution in [2.45, 2.75) is 12.5 Å². The Morgan fingerprint density at radius 1 is 1.08 bits per heavy atom. The van der Waals surface area contributed by atoms with E-state index >= 15 is 0 Å². The lowest BCUT2D eigenvalue weighted by molar-refractivity contribution is 0.0736. The fourth-order valence-electron chi connectivity index (χ4n) is 4.81. The number of aromatic nitrogens is 1. The number of pyridine rings is 1. The second-order valence-corrected chi connectivity index (χ2v) is 9.23. The van der Waals surface area contributed by atoms with E-state index in [-0.39, 0.29) is 12.0 Å². The molecule has 8 nitrogen and oxygen atoms in total. The van der Waals surface area contributed by atoms with E-state index in [1.165, 1.54) is 0 Å². The Morgan fingerprint density at radius 3 is 2.65 bits per heavy atom. The normalized spacial score (nSPS) is 17.6. The molecule has 2 aliphatic rings. The number of fused-ring (bicyclic) bond motifs is 1. The van der Waals surface area contributed by atoms with Gasteiger partial charge in [-0.15, -0.1) is 0 Å². The Morgan fingerprint density at radius 2 is 1.89 bits per heavy atom. The van der Waals surface area contributed by atoms with Crippen LogP contribution in [-0.2, 0) is 4.74 Å². The van der Waals surface area contributed by atoms with E-state index in [2.05, 4.69) is 16.4 Å². The van der Waals surface area contributed by atoms with E-state index in [4.69, 9.17) is 13.9 Å². The molecule has 2 saturated heterocycles. The highest BCUT2D eigenvalue weighted by Gasteiger charge is 2.21. The maximum Gasteiger partial charge on any atom is 0.253 e. The molecule has 0 aliphatic carbocycles. The first kappa shape index (κ1) is 23.2. The van der Waals surface area contributed by atoms with E-state index in [0.717, 1.165) is 41.7 Å². The minimum atomic E-state index is -0.0308. The number of benzene rings is 2. The Balaban J connectivity index is 1.28. The van der Waals surface area contributed by atoms with Crippen molar-refractivity contribution in [1.82, 2.24) is 15.2 Å². The number of carbonyl (C=O) groups is 1. The molecule has 2 aromatic carbocycles. The third-order valence-electron chi connectivity index (χ3n) is 6.83. The number of hydrogen-bond acceptors (Lipinski definition) is 7. The van der Waals surface area contributed by atoms with Crippen LogP contribution in [0.4, 0.5) is 0 Å². The van der Waals surface area contributed by atoms with E-state index in [0.29, 0.717) is 54.5 Å². The SMILES string of the molecule is N#Cc1cc(-c2ccnc3cc(-c4ccc(C(=O)N5CCNCC5)cc4)oc23)ccc1OC1CCOC1. The summed E-state index contributed by atoms with van der Waals surface area (Å²) in [7, 11) is 0. The van der Waals surface area contributed by atoms with Crippen LogP contribution in [0.3, 0.4) is 0 Å². The highest BCUT2D eigenvalue weighted by molar-refractivity contribution is 5.95. The zero-order valence-electron chi connectivity index (χ0n) is 20.3. The van der Waals surface area contributed by atoms with Crippen LogP contribution in [0.15, 0.2) is 65.2 Å². The minimum absolute atomic E-state index is 0.0308. The summed E-state index contributed by atoms with van der Waals surface area (Å²) in [6.07, 6.45) is 2.52. The zero-order valence-corrected chi connectivity index (χ0v) is 20.3. The number of hydrogen-bond donors (Lipinski definition) is 1. The fourth-order valence-corrected chi connectivity index (χ4v) is 4.81. The van der Waals surface area contributed by atoms with Crippen molar-refractivity contribution >= 4 is 17.0 Å². The first-order valence-electron chi connectivity index (χ1n) is 12.5. The summed E-state index contributed by atoms with van der Waals surface area (Å²) in [5.41, 5.74) is 5.03. The van der Waals surface area contributed by atoms with Gasteiger partial charge < -0.3 is 24.1 Å². The molecule has 4 heterocycles. The van der Waals surface area contributed by atoms with Crippen LogP contribution in [0.2, 0.25) is 0 Å². The topological polar surface area (TPSA) is 101 Å². The van der Waals surface area contributed by atoms with Gasteiger partial charge in [0.25, 0.3) is 5.91 Å². The predicted molar refractivity (Wildman–Crippen MR) is 138 cm³/mol. The molecule has 4 aromatic rings. The Bertz CT molecular complexity index is 1480. The van der Waals surface area contributed by atoms with Crippen LogP contribution >= 0.6 is 0 Å². The lowest BCUT2D eigenvalue weighted by Gasteiger charge is -2.27. The van der Waals surface area contributed by atoms with Crippen molar-refractivity contribution in [3.8, 4) is 34.3 Å². The number of carbonyl (C=O) groups excluding carboxylic acids is 1. The number of nitrogens with one attached hydrogen (secondary N) is 1. The summed E-state index contributed by atoms with van der Waals surface area (Å²) in [5.74, 6) is 1.27. The molecule has 6 rings (SSSR count). The summed E-state index contributed by atoms with van der Waals surface area (Å²) >= 11 is 0. The molecule has 1 amide bonds. The maximum atomic E-state index is 12.8. The Labute approximate surface area is 214 Å². The maximum absolute atomic E-state index is 12.8. The van der Waals surface area contributed by atoms with Crippen LogP contribution in [0, 0.1) is 11.3 Å². The highest BCUT2D eigenvalue weighted by atomic mass is 16.5. The van der Waals surface area contributed by atoms with Crippen molar-refractivity contribution < 1.29 is 18.7 Å². The molecule has 2 fully saturated rings. The molecule has 37 heavy (non-hydrogen) atoms. The molecular weight excluding hydrogens is 468 g/mol. The molecule has 2 aromatic heterocycles. The van der Waals surface area contributed by atoms with Gasteiger partial charge in [0.05, 0.1) is 18.8 Å². The monoisotopic (exact) mass is 494 g/mol. The van der Waals surface area contributed by atoms with Crippen LogP contribution < -0.4 is 10.1 Å². The number of amides is 1. The second-order valence-electron chi connectivity index (χ2n) is 9.23. The number of nitrogens with zero attached hydrogens (tertiary/aromatic N) is 3. The third-order valence-corrected chi connectivity index (χ3v) is 6.83. The molecule has 0 bridgehead atoms. The first-order valence-corrected chi connectivity index (χ1v) is 12.5. The van der Waals surface area contributed by atoms with Gasteiger partial charge in [-0.2, -0.15) is 5.26 Å². The lowest BCUT2D eigenvalue weighted by atomic mass is 10.0. The summed E-state index contributed by atoms with van der Waals surface area (Å²) in [4.78, 5) is 19.1. The zero-order chi connectivity index (χ0) is 25.2. The van der Waals surface area contributed by atoms with Crippen molar-refractivity contribution in [3.63, 3.8) is 0 Å². The molecule has 1 unspecified atom stereocenters. The molecule has 2 aliphatic heterocycles. The van der Waals surface area contributed by atoms with Crippen LogP contribution in [0.1, 0.15) is 22.3 Å². The van der Waals surface area contributed by atoms with Crippen molar-refractivity contribution in [2.75, 3.05) is 39.4 Å². The number of furan rings is 1. The predicted octanol–water partition coefficient (Wildman–Crippen LogP) is 4.25. The number of nitriles is 1. The van der Waals surface area contributed by atoms with Crippen molar-refractivity contribution in [1.29, 1.82) is 5.26 Å². The van der Waals surface area contributed by atoms with Crippen LogP contribution in [0.5, 0.6) is 5.75 Å². The number of rotatable bonds is 5. The molecular formula is C29H26N4O4. The summed E-state index contributed by atoms with van der Waals surface area (Å²) in [6.45, 7) is 4.29. The quantitative estimate of drug-likeness (QED) is 0.443. The number of piperazine rings is 1. The van der Waals surface area contributed by atoms with Crippen LogP contribution in [0.25, 0.3) is 33.6 Å². The molecule has 0 saturated carbocycles. The van der Waals surface area contributed by atoms with Gasteiger partial charge in [0, 0.05) is 61.6 Å². The van der Waals surface area contributed by atoms with Gasteiger partial charge in [0.1, 0.15) is 29.2 Å². The van der Waals surface area contributed by atoms with Crippen LogP contribution in [-0.4, -0.2) is 61.3 Å². The van der Waals surface area contributed by atoms with E-state index < -0.39 is 0 Å². The molecule has 0 radical (unpaired) electrons. The molecule has 1 atom stereocenters. The van der Waals surface area contributed by atoms with Gasteiger partial charge in [-0.25, -0.2) is 0 Å². The van der Waals surface area contributed by atoms with Crippen molar-refractivity contribution in [3.05, 3.63) is 71.9 Å². The van der Waals surface area contributed by atoms with Gasteiger partial charge in [0.15, 0.2) is 5.58 Å². The van der Waals surface area contributed by atoms with Gasteiger partial charge in [-0.05, 0) is 35.9 Å². The average molecular weight is 495 g/mol. The molecule has 1 N–H and O–H groups in total. The van der Waals surface area contributed by atoms with Gasteiger partial charge in [-0.3, -0.25) is 9.78 Å². The first-order chi connectivity index (χ1) is 18.2. The molecule has 8 heteroatoms. The van der Waals surface area contributed by atoms with Gasteiger partial charge in [-0.1, -0.05) is 18.2 Å². The van der Waals surface area contributed by atoms with E-state index in [1.54, 1.807) is 6.20 Å². The largest absolute Gasteiger partial charge is 0.487 e. The lowest BCUT2D eigenvalue weighted by Crippen LogP contribution is -2.46. The molecule has 0 spiro atoms. The number of ether oxygens (including phenoxy) is 2. The minimum Gasteiger partial charge on any atom is -0.487 e. The van der Waals surface area contributed by atoms with Gasteiger partial charge >= 0.3 is 0 Å². The smallest absolute Gasteiger partial charge is 0.253 e. The third kappa shape index (κ3) is 4.67. The standard InChI is InChI=1S/C29H26N4O4/c30-17-22-15-21(5-6-26(22)36-23-8-14-35-18-23)24-7-9-32-25-16-27(37-28(24)25)19-1-3-20(4-2-19)29(34)33-12-10-31-11-13-33/h1-7,9,15-16,23,31H,8,10-14,18H2. The fraction of sp³-hybridized carbons (Fsp3) is 0.276. The molecule has 186 valence electrons. The summed E-state index contributed by atoms with van der Waals surface area (Å²) in [6, 6.07) is 19.1. The van der Waals surface area contributed by atoms with E-state index in [9.17, 15) is 10.1 Å². The van der Waals surface area contributed by atoms with Gasteiger partial charge in [0.2, 0.25) is 0 Å². The Kier molecular flexibility index (Phi) is 6.31. The summed E-state index contributed by atoms with van der Waals surface area (Å²) in [5, 5.41) is 13.0.